The first kappa shape index (κ1) is 38.9. The van der Waals surface area contributed by atoms with Gasteiger partial charge in [0.25, 0.3) is 0 Å². The van der Waals surface area contributed by atoms with Crippen molar-refractivity contribution in [1.82, 2.24) is 0 Å². The number of ether oxygens (including phenoxy) is 2. The van der Waals surface area contributed by atoms with Gasteiger partial charge in [-0.3, -0.25) is 0 Å². The topological polar surface area (TPSA) is 18.5 Å². The van der Waals surface area contributed by atoms with E-state index in [1.54, 1.807) is 14.2 Å². The summed E-state index contributed by atoms with van der Waals surface area (Å²) in [5.74, 6) is 0. The number of methoxy groups -OCH3 is 2. The van der Waals surface area contributed by atoms with Gasteiger partial charge in [-0.05, 0) is 32.9 Å². The van der Waals surface area contributed by atoms with Crippen molar-refractivity contribution in [2.75, 3.05) is 39.8 Å². The zero-order valence-electron chi connectivity index (χ0n) is 23.9. The molecule has 0 unspecified atom stereocenters. The fourth-order valence-electron chi connectivity index (χ4n) is 3.80. The molecule has 0 atom stereocenters. The summed E-state index contributed by atoms with van der Waals surface area (Å²) in [4.78, 5) is 0. The SMILES string of the molecule is COCC=CCP(C(C)(C)C)C(C)(C)C.COCC=CCP(C(C)(C)C)C(C)(C)C.[Cl][Ni][Cl]. The van der Waals surface area contributed by atoms with Gasteiger partial charge in [-0.15, -0.1) is 0 Å². The van der Waals surface area contributed by atoms with Crippen molar-refractivity contribution in [3.63, 3.8) is 0 Å². The van der Waals surface area contributed by atoms with Crippen LogP contribution in [0.15, 0.2) is 24.3 Å². The fourth-order valence-corrected chi connectivity index (χ4v) is 10.7. The molecule has 0 aliphatic carbocycles. The molecular formula is C26H54Cl2NiO2P2. The first-order chi connectivity index (χ1) is 14.8. The molecule has 0 bridgehead atoms. The zero-order valence-corrected chi connectivity index (χ0v) is 28.2. The minimum atomic E-state index is -0.00173. The van der Waals surface area contributed by atoms with Gasteiger partial charge in [-0.25, -0.2) is 0 Å². The summed E-state index contributed by atoms with van der Waals surface area (Å²) in [6, 6.07) is 0. The summed E-state index contributed by atoms with van der Waals surface area (Å²) in [6.07, 6.45) is 11.2. The molecule has 0 aliphatic rings. The van der Waals surface area contributed by atoms with Crippen molar-refractivity contribution in [2.24, 2.45) is 0 Å². The third kappa shape index (κ3) is 23.5. The van der Waals surface area contributed by atoms with Crippen molar-refractivity contribution in [2.45, 2.75) is 104 Å². The van der Waals surface area contributed by atoms with Gasteiger partial charge < -0.3 is 9.47 Å². The summed E-state index contributed by atoms with van der Waals surface area (Å²) in [5.41, 5.74) is 0. The molecule has 0 saturated carbocycles. The molecule has 0 spiro atoms. The molecule has 0 heterocycles. The molecule has 204 valence electrons. The van der Waals surface area contributed by atoms with Gasteiger partial charge in [0.05, 0.1) is 13.2 Å². The van der Waals surface area contributed by atoms with Crippen LogP contribution < -0.4 is 0 Å². The predicted molar refractivity (Wildman–Crippen MR) is 156 cm³/mol. The van der Waals surface area contributed by atoms with Crippen molar-refractivity contribution in [3.05, 3.63) is 24.3 Å². The summed E-state index contributed by atoms with van der Waals surface area (Å²) >= 11 is 0.569. The van der Waals surface area contributed by atoms with E-state index in [2.05, 4.69) is 107 Å². The first-order valence-electron chi connectivity index (χ1n) is 11.5. The van der Waals surface area contributed by atoms with Crippen LogP contribution in [0.5, 0.6) is 0 Å². The van der Waals surface area contributed by atoms with E-state index in [1.807, 2.05) is 0 Å². The molecular weight excluding hydrogens is 536 g/mol. The van der Waals surface area contributed by atoms with Crippen LogP contribution in [0.1, 0.15) is 83.1 Å². The third-order valence-electron chi connectivity index (χ3n) is 4.67. The van der Waals surface area contributed by atoms with Gasteiger partial charge >= 0.3 is 33.0 Å². The van der Waals surface area contributed by atoms with E-state index in [1.165, 1.54) is 12.3 Å². The molecule has 0 rings (SSSR count). The Morgan fingerprint density at radius 2 is 0.758 bits per heavy atom. The summed E-state index contributed by atoms with van der Waals surface area (Å²) in [7, 11) is 12.9. The molecule has 2 nitrogen and oxygen atoms in total. The Morgan fingerprint density at radius 3 is 0.909 bits per heavy atom. The molecule has 0 radical (unpaired) electrons. The molecule has 0 amide bonds. The van der Waals surface area contributed by atoms with Gasteiger partial charge in [-0.1, -0.05) is 123 Å². The Labute approximate surface area is 225 Å². The molecule has 0 saturated heterocycles. The molecule has 0 aromatic heterocycles. The van der Waals surface area contributed by atoms with E-state index >= 15 is 0 Å². The maximum atomic E-state index is 5.02. The second-order valence-electron chi connectivity index (χ2n) is 11.8. The zero-order chi connectivity index (χ0) is 26.9. The fraction of sp³-hybridized carbons (Fsp3) is 0.846. The summed E-state index contributed by atoms with van der Waals surface area (Å²) < 4.78 is 10.0. The quantitative estimate of drug-likeness (QED) is 0.159. The van der Waals surface area contributed by atoms with E-state index in [9.17, 15) is 0 Å². The number of allylic oxidation sites excluding steroid dienone is 2. The summed E-state index contributed by atoms with van der Waals surface area (Å²) in [5, 5.41) is 1.69. The molecule has 0 aliphatic heterocycles. The molecule has 0 fully saturated rings. The predicted octanol–water partition coefficient (Wildman–Crippen LogP) is 9.91. The summed E-state index contributed by atoms with van der Waals surface area (Å²) in [6.45, 7) is 29.7. The van der Waals surface area contributed by atoms with Crippen LogP contribution in [0, 0.1) is 0 Å². The molecule has 0 aromatic carbocycles. The average Bonchev–Trinajstić information content (AvgIpc) is 2.58. The van der Waals surface area contributed by atoms with Crippen LogP contribution in [0.4, 0.5) is 0 Å². The van der Waals surface area contributed by atoms with Crippen LogP contribution in [0.3, 0.4) is 0 Å². The van der Waals surface area contributed by atoms with Crippen molar-refractivity contribution < 1.29 is 22.1 Å². The van der Waals surface area contributed by atoms with E-state index in [4.69, 9.17) is 29.9 Å². The van der Waals surface area contributed by atoms with Crippen LogP contribution >= 0.6 is 36.2 Å². The van der Waals surface area contributed by atoms with E-state index in [-0.39, 0.29) is 15.8 Å². The van der Waals surface area contributed by atoms with Crippen LogP contribution in [0.2, 0.25) is 0 Å². The Morgan fingerprint density at radius 1 is 0.545 bits per heavy atom. The van der Waals surface area contributed by atoms with Crippen LogP contribution in [-0.2, 0) is 22.1 Å². The van der Waals surface area contributed by atoms with Crippen molar-refractivity contribution in [3.8, 4) is 0 Å². The van der Waals surface area contributed by atoms with E-state index < -0.39 is 0 Å². The Balaban J connectivity index is -0.000000487. The second kappa shape index (κ2) is 19.4. The number of rotatable bonds is 8. The van der Waals surface area contributed by atoms with Crippen LogP contribution in [0.25, 0.3) is 0 Å². The third-order valence-corrected chi connectivity index (χ3v) is 12.3. The molecule has 0 N–H and O–H groups in total. The Kier molecular flexibility index (Phi) is 22.9. The maximum absolute atomic E-state index is 5.02. The second-order valence-corrected chi connectivity index (χ2v) is 21.2. The first-order valence-corrected chi connectivity index (χ1v) is 17.2. The standard InChI is InChI=1S/2C13H27OP.2ClH.Ni/c2*1-12(2,3)15(13(4,5)6)11-9-8-10-14-7;;;/h2*8-9H,10-11H2,1-7H3;2*1H;/q;;;;+2/p-2. The van der Waals surface area contributed by atoms with Gasteiger partial charge in [0, 0.05) is 14.2 Å². The number of halogens is 2. The molecule has 33 heavy (non-hydrogen) atoms. The normalized spacial score (nSPS) is 13.5. The number of hydrogen-bond donors (Lipinski definition) is 0. The van der Waals surface area contributed by atoms with Gasteiger partial charge in [-0.2, -0.15) is 0 Å². The van der Waals surface area contributed by atoms with E-state index in [0.29, 0.717) is 33.3 Å². The van der Waals surface area contributed by atoms with Gasteiger partial charge in [0.1, 0.15) is 0 Å². The van der Waals surface area contributed by atoms with Crippen molar-refractivity contribution >= 4 is 36.2 Å². The van der Waals surface area contributed by atoms with Gasteiger partial charge in [0.2, 0.25) is 0 Å². The van der Waals surface area contributed by atoms with Crippen molar-refractivity contribution in [1.29, 1.82) is 0 Å². The average molecular weight is 590 g/mol. The monoisotopic (exact) mass is 588 g/mol. The molecule has 7 heteroatoms. The minimum absolute atomic E-state index is 0.00173. The van der Waals surface area contributed by atoms with Gasteiger partial charge in [0.15, 0.2) is 0 Å². The Hall–Kier alpha value is 1.33. The number of hydrogen-bond acceptors (Lipinski definition) is 2. The van der Waals surface area contributed by atoms with Crippen LogP contribution in [-0.4, -0.2) is 60.4 Å². The van der Waals surface area contributed by atoms with E-state index in [0.717, 1.165) is 13.2 Å². The Bertz CT molecular complexity index is 440. The molecule has 0 aromatic rings.